The molecule has 0 aliphatic rings. The minimum Gasteiger partial charge on any atom is -0.319 e. The van der Waals surface area contributed by atoms with Gasteiger partial charge in [0.1, 0.15) is 0 Å². The Morgan fingerprint density at radius 3 is 2.00 bits per heavy atom. The Morgan fingerprint density at radius 2 is 2.00 bits per heavy atom. The minimum atomic E-state index is 0. The zero-order valence-electron chi connectivity index (χ0n) is 3.36. The maximum Gasteiger partial charge on any atom is 0.0605 e. The van der Waals surface area contributed by atoms with Gasteiger partial charge < -0.3 is 5.73 Å². The molecule has 0 heterocycles. The Hall–Kier alpha value is 0.920. The summed E-state index contributed by atoms with van der Waals surface area (Å²) in [6.07, 6.45) is 0.750. The quantitative estimate of drug-likeness (QED) is 0.523. The van der Waals surface area contributed by atoms with Crippen molar-refractivity contribution >= 4 is 32.9 Å². The Balaban J connectivity index is 0. The largest absolute Gasteiger partial charge is 0.319 e. The SMILES string of the molecule is Br.[CH2]CC(N)Br. The molecule has 1 atom stereocenters. The molecule has 6 heavy (non-hydrogen) atoms. The lowest BCUT2D eigenvalue weighted by atomic mass is 10.5. The van der Waals surface area contributed by atoms with Crippen LogP contribution in [0.1, 0.15) is 6.42 Å². The molecule has 0 spiro atoms. The number of alkyl halides is 1. The number of rotatable bonds is 1. The van der Waals surface area contributed by atoms with Crippen molar-refractivity contribution in [2.45, 2.75) is 11.4 Å². The first kappa shape index (κ1) is 10.0. The highest BCUT2D eigenvalue weighted by atomic mass is 79.9. The van der Waals surface area contributed by atoms with Crippen LogP contribution < -0.4 is 5.73 Å². The van der Waals surface area contributed by atoms with E-state index in [1.807, 2.05) is 0 Å². The first-order chi connectivity index (χ1) is 2.27. The summed E-state index contributed by atoms with van der Waals surface area (Å²) in [6, 6.07) is 0. The number of hydrogen-bond acceptors (Lipinski definition) is 1. The van der Waals surface area contributed by atoms with E-state index in [-0.39, 0.29) is 21.9 Å². The normalized spacial score (nSPS) is 12.5. The summed E-state index contributed by atoms with van der Waals surface area (Å²) < 4.78 is 0. The zero-order chi connectivity index (χ0) is 4.28. The van der Waals surface area contributed by atoms with Crippen LogP contribution in [0.3, 0.4) is 0 Å². The maximum atomic E-state index is 5.15. The van der Waals surface area contributed by atoms with Gasteiger partial charge in [-0.2, -0.15) is 0 Å². The average molecular weight is 218 g/mol. The Bertz CT molecular complexity index is 22.8. The Kier molecular flexibility index (Phi) is 9.89. The van der Waals surface area contributed by atoms with Gasteiger partial charge in [0.2, 0.25) is 0 Å². The van der Waals surface area contributed by atoms with Crippen LogP contribution in [0.4, 0.5) is 0 Å². The Labute approximate surface area is 57.2 Å². The van der Waals surface area contributed by atoms with E-state index in [2.05, 4.69) is 22.9 Å². The van der Waals surface area contributed by atoms with E-state index in [0.29, 0.717) is 0 Å². The molecule has 39 valence electrons. The molecule has 0 aromatic heterocycles. The van der Waals surface area contributed by atoms with Gasteiger partial charge in [-0.05, 0) is 6.42 Å². The maximum absolute atomic E-state index is 5.15. The van der Waals surface area contributed by atoms with Crippen LogP contribution in [0.5, 0.6) is 0 Å². The van der Waals surface area contributed by atoms with Crippen molar-refractivity contribution in [1.82, 2.24) is 0 Å². The fraction of sp³-hybridized carbons (Fsp3) is 0.667. The van der Waals surface area contributed by atoms with Crippen molar-refractivity contribution in [2.24, 2.45) is 5.73 Å². The molecule has 0 saturated carbocycles. The van der Waals surface area contributed by atoms with Gasteiger partial charge >= 0.3 is 0 Å². The zero-order valence-corrected chi connectivity index (χ0v) is 6.65. The van der Waals surface area contributed by atoms with Gasteiger partial charge in [-0.25, -0.2) is 0 Å². The molecule has 1 radical (unpaired) electrons. The van der Waals surface area contributed by atoms with E-state index in [0.717, 1.165) is 6.42 Å². The second-order valence-corrected chi connectivity index (χ2v) is 1.98. The molecule has 1 nitrogen and oxygen atoms in total. The molecule has 3 heteroatoms. The lowest BCUT2D eigenvalue weighted by Crippen LogP contribution is -2.07. The third-order valence-corrected chi connectivity index (χ3v) is 0.734. The number of halogens is 2. The highest BCUT2D eigenvalue weighted by molar-refractivity contribution is 9.09. The Morgan fingerprint density at radius 1 is 1.83 bits per heavy atom. The van der Waals surface area contributed by atoms with Crippen molar-refractivity contribution in [3.05, 3.63) is 6.92 Å². The molecule has 0 aliphatic heterocycles. The summed E-state index contributed by atoms with van der Waals surface area (Å²) in [6.45, 7) is 3.51. The summed E-state index contributed by atoms with van der Waals surface area (Å²) in [5, 5.41) is 0. The fourth-order valence-corrected chi connectivity index (χ4v) is 0. The molecule has 0 fully saturated rings. The van der Waals surface area contributed by atoms with Crippen LogP contribution in [0.15, 0.2) is 0 Å². The van der Waals surface area contributed by atoms with Crippen LogP contribution in [-0.2, 0) is 0 Å². The molecule has 0 saturated heterocycles. The summed E-state index contributed by atoms with van der Waals surface area (Å²) >= 11 is 3.09. The lowest BCUT2D eigenvalue weighted by molar-refractivity contribution is 0.950. The number of nitrogens with two attached hydrogens (primary N) is 1. The third kappa shape index (κ3) is 8.87. The summed E-state index contributed by atoms with van der Waals surface area (Å²) in [7, 11) is 0. The molecule has 0 aromatic carbocycles. The van der Waals surface area contributed by atoms with Crippen molar-refractivity contribution in [3.8, 4) is 0 Å². The van der Waals surface area contributed by atoms with Gasteiger partial charge in [0.05, 0.1) is 4.95 Å². The predicted octanol–water partition coefficient (Wildman–Crippen LogP) is 1.47. The van der Waals surface area contributed by atoms with Crippen molar-refractivity contribution in [1.29, 1.82) is 0 Å². The van der Waals surface area contributed by atoms with E-state index in [9.17, 15) is 0 Å². The van der Waals surface area contributed by atoms with E-state index >= 15 is 0 Å². The van der Waals surface area contributed by atoms with Gasteiger partial charge in [0, 0.05) is 0 Å². The lowest BCUT2D eigenvalue weighted by Gasteiger charge is -1.89. The molecular weight excluding hydrogens is 210 g/mol. The van der Waals surface area contributed by atoms with E-state index < -0.39 is 0 Å². The summed E-state index contributed by atoms with van der Waals surface area (Å²) in [5.41, 5.74) is 5.15. The second kappa shape index (κ2) is 5.92. The highest BCUT2D eigenvalue weighted by Gasteiger charge is 1.82. The molecule has 0 rings (SSSR count). The van der Waals surface area contributed by atoms with Gasteiger partial charge in [-0.3, -0.25) is 0 Å². The van der Waals surface area contributed by atoms with Gasteiger partial charge in [0.25, 0.3) is 0 Å². The van der Waals surface area contributed by atoms with Gasteiger partial charge in [-0.15, -0.1) is 17.0 Å². The number of hydrogen-bond donors (Lipinski definition) is 1. The van der Waals surface area contributed by atoms with Crippen LogP contribution >= 0.6 is 32.9 Å². The second-order valence-electron chi connectivity index (χ2n) is 0.805. The van der Waals surface area contributed by atoms with E-state index in [4.69, 9.17) is 5.73 Å². The van der Waals surface area contributed by atoms with Crippen LogP contribution in [0, 0.1) is 6.92 Å². The standard InChI is InChI=1S/C3H7BrN.BrH/c1-2-3(4)5;/h3H,1-2,5H2;1H. The van der Waals surface area contributed by atoms with Crippen molar-refractivity contribution < 1.29 is 0 Å². The summed E-state index contributed by atoms with van der Waals surface area (Å²) in [4.78, 5) is 0.0856. The van der Waals surface area contributed by atoms with Crippen molar-refractivity contribution in [2.75, 3.05) is 0 Å². The van der Waals surface area contributed by atoms with E-state index in [1.165, 1.54) is 0 Å². The molecular formula is C3H8Br2N. The molecule has 1 unspecified atom stereocenters. The van der Waals surface area contributed by atoms with Crippen LogP contribution in [0.2, 0.25) is 0 Å². The predicted molar refractivity (Wildman–Crippen MR) is 37.2 cm³/mol. The van der Waals surface area contributed by atoms with Crippen molar-refractivity contribution in [3.63, 3.8) is 0 Å². The third-order valence-electron chi connectivity index (χ3n) is 0.276. The molecule has 0 amide bonds. The highest BCUT2D eigenvalue weighted by Crippen LogP contribution is 1.91. The van der Waals surface area contributed by atoms with Gasteiger partial charge in [0.15, 0.2) is 0 Å². The first-order valence-corrected chi connectivity index (χ1v) is 2.38. The first-order valence-electron chi connectivity index (χ1n) is 1.46. The minimum absolute atomic E-state index is 0. The molecule has 0 aromatic rings. The molecule has 0 bridgehead atoms. The average Bonchev–Trinajstić information content (AvgIpc) is 1.38. The van der Waals surface area contributed by atoms with Crippen LogP contribution in [-0.4, -0.2) is 4.95 Å². The van der Waals surface area contributed by atoms with Crippen LogP contribution in [0.25, 0.3) is 0 Å². The smallest absolute Gasteiger partial charge is 0.0605 e. The monoisotopic (exact) mass is 216 g/mol. The van der Waals surface area contributed by atoms with E-state index in [1.54, 1.807) is 0 Å². The fourth-order valence-electron chi connectivity index (χ4n) is 0. The molecule has 2 N–H and O–H groups in total. The molecule has 0 aliphatic carbocycles. The topological polar surface area (TPSA) is 26.0 Å². The summed E-state index contributed by atoms with van der Waals surface area (Å²) in [5.74, 6) is 0. The van der Waals surface area contributed by atoms with Gasteiger partial charge in [-0.1, -0.05) is 22.9 Å².